The minimum Gasteiger partial charge on any atom is -0.481 e. The molecule has 0 saturated carbocycles. The van der Waals surface area contributed by atoms with Crippen molar-refractivity contribution in [2.24, 2.45) is 23.1 Å². The zero-order valence-electron chi connectivity index (χ0n) is 37.1. The Labute approximate surface area is 388 Å². The minimum atomic E-state index is -2.01. The molecule has 0 unspecified atom stereocenters. The number of nitrogens with two attached hydrogens (primary N) is 3. The molecule has 1 heterocycles. The van der Waals surface area contributed by atoms with Crippen LogP contribution in [0, 0.1) is 5.92 Å². The number of primary amides is 2. The van der Waals surface area contributed by atoms with Crippen molar-refractivity contribution in [1.82, 2.24) is 52.5 Å². The second-order valence-electron chi connectivity index (χ2n) is 15.3. The van der Waals surface area contributed by atoms with Gasteiger partial charge in [-0.1, -0.05) is 50.6 Å². The van der Waals surface area contributed by atoms with Crippen LogP contribution in [0.5, 0.6) is 0 Å². The van der Waals surface area contributed by atoms with Crippen molar-refractivity contribution in [3.8, 4) is 0 Å². The molecule has 10 amide bonds. The van der Waals surface area contributed by atoms with Gasteiger partial charge in [0.15, 0.2) is 0 Å². The van der Waals surface area contributed by atoms with Crippen molar-refractivity contribution in [1.29, 1.82) is 0 Å². The molecule has 0 aliphatic carbocycles. The second-order valence-corrected chi connectivity index (χ2v) is 15.3. The monoisotopic (exact) mass is 961 g/mol. The lowest BCUT2D eigenvalue weighted by Crippen LogP contribution is -2.62. The smallest absolute Gasteiger partial charge is 0.305 e. The molecule has 68 heavy (non-hydrogen) atoms. The van der Waals surface area contributed by atoms with E-state index in [1.165, 1.54) is 12.5 Å². The highest BCUT2D eigenvalue weighted by Crippen LogP contribution is 2.12. The topological polar surface area (TPSA) is 472 Å². The minimum absolute atomic E-state index is 0.158. The summed E-state index contributed by atoms with van der Waals surface area (Å²) in [4.78, 5) is 147. The molecule has 0 aliphatic heterocycles. The molecular weight excluding hydrogens is 903 g/mol. The number of H-pyrrole nitrogens is 1. The number of aliphatic hydroxyl groups is 3. The van der Waals surface area contributed by atoms with Gasteiger partial charge in [-0.25, -0.2) is 4.98 Å². The van der Waals surface area contributed by atoms with Gasteiger partial charge in [-0.05, 0) is 11.5 Å². The van der Waals surface area contributed by atoms with Gasteiger partial charge in [-0.2, -0.15) is 0 Å². The van der Waals surface area contributed by atoms with Crippen molar-refractivity contribution in [2.45, 2.75) is 94.3 Å². The van der Waals surface area contributed by atoms with E-state index in [-0.39, 0.29) is 18.5 Å². The number of aromatic amines is 1. The van der Waals surface area contributed by atoms with E-state index in [0.29, 0.717) is 12.0 Å². The summed E-state index contributed by atoms with van der Waals surface area (Å²) < 4.78 is 0. The number of carbonyl (C=O) groups excluding carboxylic acids is 10. The maximum absolute atomic E-state index is 14.1. The number of benzene rings is 1. The van der Waals surface area contributed by atoms with Crippen LogP contribution in [-0.4, -0.2) is 170 Å². The highest BCUT2D eigenvalue weighted by molar-refractivity contribution is 5.99. The van der Waals surface area contributed by atoms with E-state index in [9.17, 15) is 73.2 Å². The zero-order valence-corrected chi connectivity index (χ0v) is 37.1. The Balaban J connectivity index is 2.33. The van der Waals surface area contributed by atoms with E-state index in [0.717, 1.165) is 0 Å². The van der Waals surface area contributed by atoms with E-state index in [4.69, 9.17) is 17.2 Å². The van der Waals surface area contributed by atoms with E-state index >= 15 is 0 Å². The molecule has 1 aromatic carbocycles. The third-order valence-electron chi connectivity index (χ3n) is 10.0. The number of carboxylic acid groups (broad SMARTS) is 1. The summed E-state index contributed by atoms with van der Waals surface area (Å²) in [6, 6.07) is -4.63. The number of hydrogen-bond donors (Lipinski definition) is 16. The largest absolute Gasteiger partial charge is 0.481 e. The first kappa shape index (κ1) is 56.6. The quantitative estimate of drug-likeness (QED) is 0.0346. The normalized spacial score (nSPS) is 14.9. The van der Waals surface area contributed by atoms with Crippen LogP contribution >= 0.6 is 0 Å². The van der Waals surface area contributed by atoms with E-state index in [1.54, 1.807) is 44.2 Å². The first-order chi connectivity index (χ1) is 32.1. The van der Waals surface area contributed by atoms with Gasteiger partial charge in [0.2, 0.25) is 59.1 Å². The van der Waals surface area contributed by atoms with Gasteiger partial charge in [0.25, 0.3) is 0 Å². The highest BCUT2D eigenvalue weighted by atomic mass is 16.4. The predicted octanol–water partition coefficient (Wildman–Crippen LogP) is -8.11. The first-order valence-corrected chi connectivity index (χ1v) is 20.9. The average Bonchev–Trinajstić information content (AvgIpc) is 3.81. The molecule has 28 heteroatoms. The third-order valence-corrected chi connectivity index (χ3v) is 10.0. The zero-order chi connectivity index (χ0) is 51.1. The molecule has 0 fully saturated rings. The summed E-state index contributed by atoms with van der Waals surface area (Å²) in [5.41, 5.74) is 16.6. The van der Waals surface area contributed by atoms with Crippen LogP contribution in [0.1, 0.15) is 44.4 Å². The van der Waals surface area contributed by atoms with Crippen LogP contribution in [0.4, 0.5) is 0 Å². The van der Waals surface area contributed by atoms with Crippen LogP contribution in [0.25, 0.3) is 0 Å². The Morgan fingerprint density at radius 2 is 1.13 bits per heavy atom. The standard InChI is InChI=1S/C40H59N13O15/c1-3-19(2)32(40(68)51-26(15-54)33(43)61)53-37(65)23(9-20-7-5-4-6-8-20)48-35(63)24(10-21-13-44-18-46-21)49-39(67)28(17-56)52-36(64)25(12-31(59)60)50-38(66)27(16-55)47-30(58)14-45-34(62)22(41)11-29(42)57/h4-8,13,18-19,22-28,32,54-56H,3,9-12,14-17,41H2,1-2H3,(H2,42,57)(H2,43,61)(H,44,46)(H,45,62)(H,47,58)(H,48,63)(H,49,67)(H,50,66)(H,51,68)(H,52,64)(H,53,65)(H,59,60)/t19-,22-,23-,24-,25-,26-,27-,28-,32-/m0/s1. The predicted molar refractivity (Wildman–Crippen MR) is 233 cm³/mol. The lowest BCUT2D eigenvalue weighted by atomic mass is 9.96. The van der Waals surface area contributed by atoms with Gasteiger partial charge in [0, 0.05) is 24.7 Å². The van der Waals surface area contributed by atoms with Crippen molar-refractivity contribution in [2.75, 3.05) is 26.4 Å². The number of rotatable bonds is 30. The highest BCUT2D eigenvalue weighted by Gasteiger charge is 2.36. The summed E-state index contributed by atoms with van der Waals surface area (Å²) in [6.07, 6.45) is 0.771. The van der Waals surface area contributed by atoms with Crippen LogP contribution in [-0.2, 0) is 65.6 Å². The number of hydrogen-bond acceptors (Lipinski definition) is 16. The van der Waals surface area contributed by atoms with Crippen molar-refractivity contribution < 1.29 is 73.2 Å². The molecule has 0 aliphatic rings. The lowest BCUT2D eigenvalue weighted by molar-refractivity contribution is -0.142. The Morgan fingerprint density at radius 3 is 1.65 bits per heavy atom. The lowest BCUT2D eigenvalue weighted by Gasteiger charge is -2.29. The third kappa shape index (κ3) is 19.1. The number of aliphatic carboxylic acids is 1. The molecule has 1 aromatic heterocycles. The molecular formula is C40H59N13O15. The Morgan fingerprint density at radius 1 is 0.632 bits per heavy atom. The SMILES string of the molecule is CC[C@H](C)[C@H](NC(=O)[C@H](Cc1ccccc1)NC(=O)[C@H](Cc1cnc[nH]1)NC(=O)[C@H](CO)NC(=O)[C@H](CC(=O)O)NC(=O)[C@H](CO)NC(=O)CNC(=O)[C@@H](N)CC(N)=O)C(=O)N[C@@H](CO)C(N)=O. The number of nitrogens with zero attached hydrogens (tertiary/aromatic N) is 1. The molecule has 0 bridgehead atoms. The fraction of sp³-hybridized carbons (Fsp3) is 0.500. The van der Waals surface area contributed by atoms with Crippen LogP contribution < -0.4 is 59.7 Å². The Bertz CT molecular complexity index is 2080. The van der Waals surface area contributed by atoms with Gasteiger partial charge in [0.1, 0.15) is 42.3 Å². The number of amides is 10. The first-order valence-electron chi connectivity index (χ1n) is 20.9. The number of carboxylic acids is 1. The van der Waals surface area contributed by atoms with Gasteiger partial charge >= 0.3 is 5.97 Å². The van der Waals surface area contributed by atoms with E-state index in [1.807, 2.05) is 10.6 Å². The average molecular weight is 962 g/mol. The van der Waals surface area contributed by atoms with Crippen LogP contribution in [0.15, 0.2) is 42.9 Å². The molecule has 28 nitrogen and oxygen atoms in total. The molecule has 374 valence electrons. The van der Waals surface area contributed by atoms with Gasteiger partial charge in [-0.15, -0.1) is 0 Å². The summed E-state index contributed by atoms with van der Waals surface area (Å²) in [7, 11) is 0. The Kier molecular flexibility index (Phi) is 23.7. The molecule has 0 radical (unpaired) electrons. The summed E-state index contributed by atoms with van der Waals surface area (Å²) in [6.45, 7) is -0.521. The van der Waals surface area contributed by atoms with Crippen LogP contribution in [0.3, 0.4) is 0 Å². The Hall–Kier alpha value is -7.56. The van der Waals surface area contributed by atoms with Crippen molar-refractivity contribution in [3.63, 3.8) is 0 Å². The van der Waals surface area contributed by atoms with E-state index < -0.39 is 159 Å². The fourth-order valence-corrected chi connectivity index (χ4v) is 6.02. The van der Waals surface area contributed by atoms with Crippen molar-refractivity contribution >= 4 is 65.0 Å². The number of nitrogens with one attached hydrogen (secondary N) is 9. The van der Waals surface area contributed by atoms with E-state index in [2.05, 4.69) is 41.9 Å². The van der Waals surface area contributed by atoms with Gasteiger partial charge in [0.05, 0.1) is 51.6 Å². The number of imidazole rings is 1. The number of aliphatic hydroxyl groups excluding tert-OH is 3. The maximum Gasteiger partial charge on any atom is 0.305 e. The molecule has 2 aromatic rings. The van der Waals surface area contributed by atoms with Crippen LogP contribution in [0.2, 0.25) is 0 Å². The maximum atomic E-state index is 14.1. The summed E-state index contributed by atoms with van der Waals surface area (Å²) in [5, 5.41) is 57.1. The molecule has 0 spiro atoms. The summed E-state index contributed by atoms with van der Waals surface area (Å²) in [5.74, 6) is -12.7. The second kappa shape index (κ2) is 28.5. The molecule has 19 N–H and O–H groups in total. The van der Waals surface area contributed by atoms with Gasteiger partial charge < -0.3 is 85.1 Å². The summed E-state index contributed by atoms with van der Waals surface area (Å²) >= 11 is 0. The molecule has 2 rings (SSSR count). The number of carbonyl (C=O) groups is 11. The fourth-order valence-electron chi connectivity index (χ4n) is 6.02. The van der Waals surface area contributed by atoms with Crippen molar-refractivity contribution in [3.05, 3.63) is 54.1 Å². The molecule has 9 atom stereocenters. The number of aromatic nitrogens is 2. The molecule has 0 saturated heterocycles. The van der Waals surface area contributed by atoms with Gasteiger partial charge in [-0.3, -0.25) is 52.7 Å².